The van der Waals surface area contributed by atoms with Crippen LogP contribution < -0.4 is 11.3 Å². The monoisotopic (exact) mass is 328 g/mol. The Labute approximate surface area is 118 Å². The third-order valence-electron chi connectivity index (χ3n) is 2.68. The lowest BCUT2D eigenvalue weighted by Gasteiger charge is -2.15. The molecule has 0 bridgehead atoms. The minimum absolute atomic E-state index is 0.109. The maximum atomic E-state index is 13.1. The first-order valence-electron chi connectivity index (χ1n) is 5.61. The van der Waals surface area contributed by atoms with E-state index in [1.807, 2.05) is 11.4 Å². The van der Waals surface area contributed by atoms with Crippen LogP contribution in [-0.4, -0.2) is 6.04 Å². The first kappa shape index (κ1) is 13.7. The molecule has 1 heterocycles. The first-order chi connectivity index (χ1) is 8.67. The second-order valence-corrected chi connectivity index (χ2v) is 6.04. The van der Waals surface area contributed by atoms with Crippen LogP contribution in [0.5, 0.6) is 0 Å². The van der Waals surface area contributed by atoms with Crippen molar-refractivity contribution < 1.29 is 4.39 Å². The number of benzene rings is 1. The Hall–Kier alpha value is -0.750. The fraction of sp³-hybridized carbons (Fsp3) is 0.231. The highest BCUT2D eigenvalue weighted by atomic mass is 79.9. The lowest BCUT2D eigenvalue weighted by molar-refractivity contribution is 0.523. The number of nitrogens with two attached hydrogens (primary N) is 1. The molecule has 0 saturated carbocycles. The second kappa shape index (κ2) is 6.43. The maximum absolute atomic E-state index is 13.1. The van der Waals surface area contributed by atoms with Gasteiger partial charge in [0.2, 0.25) is 0 Å². The summed E-state index contributed by atoms with van der Waals surface area (Å²) in [6.45, 7) is 0. The summed E-state index contributed by atoms with van der Waals surface area (Å²) in [5.41, 5.74) is 3.75. The summed E-state index contributed by atoms with van der Waals surface area (Å²) < 4.78 is 14.2. The molecule has 0 fully saturated rings. The highest BCUT2D eigenvalue weighted by molar-refractivity contribution is 9.10. The van der Waals surface area contributed by atoms with Crippen LogP contribution in [-0.2, 0) is 12.8 Å². The third kappa shape index (κ3) is 3.88. The van der Waals surface area contributed by atoms with E-state index in [1.54, 1.807) is 23.5 Å². The molecular formula is C13H14BrFN2S. The number of hydrazine groups is 1. The van der Waals surface area contributed by atoms with Crippen molar-refractivity contribution >= 4 is 27.3 Å². The zero-order chi connectivity index (χ0) is 13.0. The van der Waals surface area contributed by atoms with Crippen molar-refractivity contribution in [2.45, 2.75) is 18.9 Å². The number of rotatable bonds is 5. The van der Waals surface area contributed by atoms with Gasteiger partial charge in [-0.05, 0) is 52.5 Å². The molecule has 0 saturated heterocycles. The van der Waals surface area contributed by atoms with Crippen LogP contribution in [0.15, 0.2) is 40.2 Å². The van der Waals surface area contributed by atoms with Crippen molar-refractivity contribution in [2.24, 2.45) is 5.84 Å². The molecule has 0 aliphatic rings. The lowest BCUT2D eigenvalue weighted by Crippen LogP contribution is -2.38. The van der Waals surface area contributed by atoms with Gasteiger partial charge in [-0.3, -0.25) is 11.3 Å². The van der Waals surface area contributed by atoms with Crippen molar-refractivity contribution in [3.63, 3.8) is 0 Å². The maximum Gasteiger partial charge on any atom is 0.123 e. The summed E-state index contributed by atoms with van der Waals surface area (Å²) in [6.07, 6.45) is 1.55. The van der Waals surface area contributed by atoms with Gasteiger partial charge in [-0.2, -0.15) is 0 Å². The predicted octanol–water partition coefficient (Wildman–Crippen LogP) is 3.27. The second-order valence-electron chi connectivity index (χ2n) is 4.13. The fourth-order valence-electron chi connectivity index (χ4n) is 1.84. The molecule has 0 radical (unpaired) electrons. The topological polar surface area (TPSA) is 38.0 Å². The molecule has 1 atom stereocenters. The number of thiophene rings is 1. The molecule has 18 heavy (non-hydrogen) atoms. The van der Waals surface area contributed by atoms with Crippen LogP contribution in [0.4, 0.5) is 4.39 Å². The van der Waals surface area contributed by atoms with E-state index in [4.69, 9.17) is 5.84 Å². The van der Waals surface area contributed by atoms with E-state index in [0.717, 1.165) is 16.5 Å². The van der Waals surface area contributed by atoms with Gasteiger partial charge in [0.05, 0.1) is 0 Å². The van der Waals surface area contributed by atoms with Gasteiger partial charge in [0.15, 0.2) is 0 Å². The summed E-state index contributed by atoms with van der Waals surface area (Å²) in [6, 6.07) is 8.83. The number of hydrogen-bond donors (Lipinski definition) is 2. The Balaban J connectivity index is 2.01. The molecule has 5 heteroatoms. The van der Waals surface area contributed by atoms with E-state index in [-0.39, 0.29) is 11.9 Å². The van der Waals surface area contributed by atoms with E-state index in [9.17, 15) is 4.39 Å². The molecule has 96 valence electrons. The summed E-state index contributed by atoms with van der Waals surface area (Å²) >= 11 is 5.12. The van der Waals surface area contributed by atoms with Crippen LogP contribution in [0.3, 0.4) is 0 Å². The van der Waals surface area contributed by atoms with Crippen molar-refractivity contribution in [1.29, 1.82) is 0 Å². The summed E-state index contributed by atoms with van der Waals surface area (Å²) in [7, 11) is 0. The highest BCUT2D eigenvalue weighted by Gasteiger charge is 2.10. The standard InChI is InChI=1S/C13H14BrFN2S/c14-10-6-13(18-8-10)7-12(17-16)5-9-2-1-3-11(15)4-9/h1-4,6,8,12,17H,5,7,16H2. The van der Waals surface area contributed by atoms with Gasteiger partial charge < -0.3 is 0 Å². The van der Waals surface area contributed by atoms with Gasteiger partial charge in [-0.25, -0.2) is 4.39 Å². The van der Waals surface area contributed by atoms with Crippen LogP contribution in [0.25, 0.3) is 0 Å². The first-order valence-corrected chi connectivity index (χ1v) is 7.28. The normalized spacial score (nSPS) is 12.6. The van der Waals surface area contributed by atoms with Crippen LogP contribution >= 0.6 is 27.3 Å². The molecule has 0 aliphatic carbocycles. The molecule has 1 aromatic heterocycles. The van der Waals surface area contributed by atoms with Crippen molar-refractivity contribution in [3.8, 4) is 0 Å². The van der Waals surface area contributed by atoms with Gasteiger partial charge in [-0.15, -0.1) is 11.3 Å². The lowest BCUT2D eigenvalue weighted by atomic mass is 10.0. The van der Waals surface area contributed by atoms with Crippen LogP contribution in [0.1, 0.15) is 10.4 Å². The van der Waals surface area contributed by atoms with Crippen molar-refractivity contribution in [1.82, 2.24) is 5.43 Å². The third-order valence-corrected chi connectivity index (χ3v) is 4.40. The van der Waals surface area contributed by atoms with E-state index in [1.165, 1.54) is 10.9 Å². The minimum Gasteiger partial charge on any atom is -0.271 e. The molecule has 2 rings (SSSR count). The van der Waals surface area contributed by atoms with Gasteiger partial charge in [0.1, 0.15) is 5.82 Å². The Kier molecular flexibility index (Phi) is 4.88. The quantitative estimate of drug-likeness (QED) is 0.653. The number of nitrogens with one attached hydrogen (secondary N) is 1. The fourth-order valence-corrected chi connectivity index (χ4v) is 3.37. The average Bonchev–Trinajstić information content (AvgIpc) is 2.74. The minimum atomic E-state index is -0.206. The van der Waals surface area contributed by atoms with Crippen molar-refractivity contribution in [3.05, 3.63) is 56.4 Å². The molecule has 1 unspecified atom stereocenters. The molecule has 0 aliphatic heterocycles. The van der Waals surface area contributed by atoms with E-state index in [0.29, 0.717) is 6.42 Å². The van der Waals surface area contributed by atoms with Gasteiger partial charge >= 0.3 is 0 Å². The number of hydrogen-bond acceptors (Lipinski definition) is 3. The van der Waals surface area contributed by atoms with Crippen LogP contribution in [0.2, 0.25) is 0 Å². The zero-order valence-corrected chi connectivity index (χ0v) is 12.1. The average molecular weight is 329 g/mol. The molecule has 3 N–H and O–H groups in total. The number of halogens is 2. The Bertz CT molecular complexity index is 515. The Morgan fingerprint density at radius 1 is 1.33 bits per heavy atom. The summed E-state index contributed by atoms with van der Waals surface area (Å²) in [5.74, 6) is 5.36. The SMILES string of the molecule is NNC(Cc1cccc(F)c1)Cc1cc(Br)cs1. The highest BCUT2D eigenvalue weighted by Crippen LogP contribution is 2.21. The van der Waals surface area contributed by atoms with E-state index in [2.05, 4.69) is 27.4 Å². The molecule has 0 spiro atoms. The molecule has 2 nitrogen and oxygen atoms in total. The largest absolute Gasteiger partial charge is 0.271 e. The Morgan fingerprint density at radius 3 is 2.78 bits per heavy atom. The van der Waals surface area contributed by atoms with Crippen molar-refractivity contribution in [2.75, 3.05) is 0 Å². The molecular weight excluding hydrogens is 315 g/mol. The van der Waals surface area contributed by atoms with Crippen LogP contribution in [0, 0.1) is 5.82 Å². The summed E-state index contributed by atoms with van der Waals surface area (Å²) in [4.78, 5) is 1.25. The summed E-state index contributed by atoms with van der Waals surface area (Å²) in [5, 5.41) is 2.05. The van der Waals surface area contributed by atoms with E-state index < -0.39 is 0 Å². The molecule has 2 aromatic rings. The Morgan fingerprint density at radius 2 is 2.17 bits per heavy atom. The smallest absolute Gasteiger partial charge is 0.123 e. The van der Waals surface area contributed by atoms with Gasteiger partial charge in [0.25, 0.3) is 0 Å². The van der Waals surface area contributed by atoms with Gasteiger partial charge in [-0.1, -0.05) is 12.1 Å². The van der Waals surface area contributed by atoms with Gasteiger partial charge in [0, 0.05) is 20.8 Å². The molecule has 1 aromatic carbocycles. The molecule has 0 amide bonds. The van der Waals surface area contributed by atoms with E-state index >= 15 is 0 Å². The predicted molar refractivity (Wildman–Crippen MR) is 76.9 cm³/mol. The zero-order valence-electron chi connectivity index (χ0n) is 9.70.